The Hall–Kier alpha value is -1.88. The highest BCUT2D eigenvalue weighted by atomic mass is 16.5. The molecule has 0 saturated heterocycles. The summed E-state index contributed by atoms with van der Waals surface area (Å²) in [5.41, 5.74) is 8.16. The normalized spacial score (nSPS) is 18.4. The molecule has 5 heteroatoms. The van der Waals surface area contributed by atoms with Crippen molar-refractivity contribution < 1.29 is 4.52 Å². The quantitative estimate of drug-likeness (QED) is 0.910. The van der Waals surface area contributed by atoms with Crippen LogP contribution in [0.1, 0.15) is 30.6 Å². The number of hydrogen-bond acceptors (Lipinski definition) is 5. The lowest BCUT2D eigenvalue weighted by atomic mass is 9.97. The molecule has 19 heavy (non-hydrogen) atoms. The molecular formula is C14H18N4O. The van der Waals surface area contributed by atoms with E-state index in [0.29, 0.717) is 30.8 Å². The molecule has 0 amide bonds. The second-order valence-corrected chi connectivity index (χ2v) is 4.95. The molecule has 0 aliphatic carbocycles. The van der Waals surface area contributed by atoms with Crippen molar-refractivity contribution in [1.82, 2.24) is 10.1 Å². The first-order valence-electron chi connectivity index (χ1n) is 6.64. The van der Waals surface area contributed by atoms with Crippen LogP contribution in [0.25, 0.3) is 0 Å². The molecule has 100 valence electrons. The Morgan fingerprint density at radius 3 is 3.05 bits per heavy atom. The van der Waals surface area contributed by atoms with Gasteiger partial charge in [-0.3, -0.25) is 0 Å². The number of aromatic nitrogens is 2. The van der Waals surface area contributed by atoms with Gasteiger partial charge in [0.1, 0.15) is 0 Å². The summed E-state index contributed by atoms with van der Waals surface area (Å²) in [4.78, 5) is 6.62. The summed E-state index contributed by atoms with van der Waals surface area (Å²) in [6.07, 6.45) is 2.28. The lowest BCUT2D eigenvalue weighted by Gasteiger charge is -2.36. The van der Waals surface area contributed by atoms with E-state index in [1.165, 1.54) is 11.3 Å². The minimum Gasteiger partial charge on any atom is -0.361 e. The number of rotatable bonds is 3. The third-order valence-corrected chi connectivity index (χ3v) is 3.66. The van der Waals surface area contributed by atoms with Gasteiger partial charge in [0.2, 0.25) is 5.89 Å². The van der Waals surface area contributed by atoms with E-state index in [1.54, 1.807) is 0 Å². The summed E-state index contributed by atoms with van der Waals surface area (Å²) in [6, 6.07) is 9.00. The molecular weight excluding hydrogens is 240 g/mol. The average Bonchev–Trinajstić information content (AvgIpc) is 2.90. The monoisotopic (exact) mass is 258 g/mol. The van der Waals surface area contributed by atoms with Crippen LogP contribution < -0.4 is 10.6 Å². The predicted molar refractivity (Wildman–Crippen MR) is 72.6 cm³/mol. The molecule has 1 aliphatic heterocycles. The second kappa shape index (κ2) is 5.01. The number of fused-ring (bicyclic) bond motifs is 1. The van der Waals surface area contributed by atoms with E-state index >= 15 is 0 Å². The average molecular weight is 258 g/mol. The summed E-state index contributed by atoms with van der Waals surface area (Å²) < 4.78 is 5.07. The Morgan fingerprint density at radius 2 is 2.26 bits per heavy atom. The van der Waals surface area contributed by atoms with Crippen LogP contribution in [0.15, 0.2) is 28.8 Å². The molecule has 1 atom stereocenters. The summed E-state index contributed by atoms with van der Waals surface area (Å²) in [5.74, 6) is 1.19. The van der Waals surface area contributed by atoms with Crippen LogP contribution in [0.4, 0.5) is 5.69 Å². The molecule has 2 N–H and O–H groups in total. The van der Waals surface area contributed by atoms with Crippen molar-refractivity contribution in [2.75, 3.05) is 4.90 Å². The van der Waals surface area contributed by atoms with Crippen LogP contribution in [-0.2, 0) is 19.5 Å². The Kier molecular flexibility index (Phi) is 3.21. The maximum absolute atomic E-state index is 5.49. The van der Waals surface area contributed by atoms with Gasteiger partial charge < -0.3 is 15.2 Å². The standard InChI is InChI=1S/C14H18N4O/c1-10-6-7-11-4-2-3-5-12(11)18(10)9-13-16-14(8-15)19-17-13/h2-5,10H,6-9,15H2,1H3. The van der Waals surface area contributed by atoms with Gasteiger partial charge in [0.15, 0.2) is 5.82 Å². The lowest BCUT2D eigenvalue weighted by molar-refractivity contribution is 0.373. The first-order valence-corrected chi connectivity index (χ1v) is 6.64. The van der Waals surface area contributed by atoms with Gasteiger partial charge >= 0.3 is 0 Å². The van der Waals surface area contributed by atoms with E-state index in [9.17, 15) is 0 Å². The van der Waals surface area contributed by atoms with E-state index in [-0.39, 0.29) is 0 Å². The molecule has 2 heterocycles. The molecule has 0 bridgehead atoms. The van der Waals surface area contributed by atoms with Gasteiger partial charge in [-0.25, -0.2) is 0 Å². The van der Waals surface area contributed by atoms with Gasteiger partial charge in [-0.05, 0) is 31.4 Å². The van der Waals surface area contributed by atoms with Crippen LogP contribution in [0.3, 0.4) is 0 Å². The number of anilines is 1. The van der Waals surface area contributed by atoms with Gasteiger partial charge in [0.25, 0.3) is 0 Å². The van der Waals surface area contributed by atoms with Gasteiger partial charge in [0.05, 0.1) is 13.1 Å². The topological polar surface area (TPSA) is 68.2 Å². The largest absolute Gasteiger partial charge is 0.361 e. The zero-order chi connectivity index (χ0) is 13.2. The summed E-state index contributed by atoms with van der Waals surface area (Å²) in [7, 11) is 0. The zero-order valence-corrected chi connectivity index (χ0v) is 11.0. The van der Waals surface area contributed by atoms with Crippen LogP contribution in [0, 0.1) is 0 Å². The van der Waals surface area contributed by atoms with Gasteiger partial charge in [-0.15, -0.1) is 0 Å². The van der Waals surface area contributed by atoms with Crippen LogP contribution in [0.2, 0.25) is 0 Å². The molecule has 1 unspecified atom stereocenters. The smallest absolute Gasteiger partial charge is 0.240 e. The number of para-hydroxylation sites is 1. The number of nitrogens with two attached hydrogens (primary N) is 1. The second-order valence-electron chi connectivity index (χ2n) is 4.95. The molecule has 3 rings (SSSR count). The maximum Gasteiger partial charge on any atom is 0.240 e. The van der Waals surface area contributed by atoms with Crippen molar-refractivity contribution in [2.45, 2.75) is 38.9 Å². The maximum atomic E-state index is 5.49. The van der Waals surface area contributed by atoms with Gasteiger partial charge in [-0.1, -0.05) is 23.4 Å². The van der Waals surface area contributed by atoms with Crippen molar-refractivity contribution in [3.05, 3.63) is 41.5 Å². The third-order valence-electron chi connectivity index (χ3n) is 3.66. The summed E-state index contributed by atoms with van der Waals surface area (Å²) in [6.45, 7) is 3.20. The van der Waals surface area contributed by atoms with E-state index in [4.69, 9.17) is 10.3 Å². The molecule has 0 radical (unpaired) electrons. The third kappa shape index (κ3) is 2.33. The van der Waals surface area contributed by atoms with Gasteiger partial charge in [0, 0.05) is 11.7 Å². The fraction of sp³-hybridized carbons (Fsp3) is 0.429. The molecule has 1 aromatic heterocycles. The molecule has 0 saturated carbocycles. The van der Waals surface area contributed by atoms with E-state index in [1.807, 2.05) is 0 Å². The number of aryl methyl sites for hydroxylation is 1. The fourth-order valence-corrected chi connectivity index (χ4v) is 2.59. The van der Waals surface area contributed by atoms with Crippen LogP contribution in [0.5, 0.6) is 0 Å². The lowest BCUT2D eigenvalue weighted by Crippen LogP contribution is -2.37. The first kappa shape index (κ1) is 12.2. The highest BCUT2D eigenvalue weighted by molar-refractivity contribution is 5.56. The Labute approximate surface area is 112 Å². The van der Waals surface area contributed by atoms with Crippen LogP contribution >= 0.6 is 0 Å². The van der Waals surface area contributed by atoms with E-state index in [2.05, 4.69) is 46.2 Å². The van der Waals surface area contributed by atoms with E-state index in [0.717, 1.165) is 12.8 Å². The minimum atomic E-state index is 0.291. The Morgan fingerprint density at radius 1 is 1.42 bits per heavy atom. The number of benzene rings is 1. The minimum absolute atomic E-state index is 0.291. The first-order chi connectivity index (χ1) is 9.28. The zero-order valence-electron chi connectivity index (χ0n) is 11.0. The highest BCUT2D eigenvalue weighted by Crippen LogP contribution is 2.31. The van der Waals surface area contributed by atoms with Crippen molar-refractivity contribution in [1.29, 1.82) is 0 Å². The SMILES string of the molecule is CC1CCc2ccccc2N1Cc1noc(CN)n1. The molecule has 2 aromatic rings. The van der Waals surface area contributed by atoms with E-state index < -0.39 is 0 Å². The van der Waals surface area contributed by atoms with Gasteiger partial charge in [-0.2, -0.15) is 4.98 Å². The van der Waals surface area contributed by atoms with Crippen LogP contribution in [-0.4, -0.2) is 16.2 Å². The fourth-order valence-electron chi connectivity index (χ4n) is 2.59. The molecule has 5 nitrogen and oxygen atoms in total. The molecule has 1 aliphatic rings. The predicted octanol–water partition coefficient (Wildman–Crippen LogP) is 1.87. The Bertz CT molecular complexity index is 566. The molecule has 1 aromatic carbocycles. The van der Waals surface area contributed by atoms with Crippen molar-refractivity contribution >= 4 is 5.69 Å². The summed E-state index contributed by atoms with van der Waals surface area (Å²) in [5, 5.41) is 3.98. The molecule has 0 fully saturated rings. The van der Waals surface area contributed by atoms with Crippen molar-refractivity contribution in [3.63, 3.8) is 0 Å². The number of nitrogens with zero attached hydrogens (tertiary/aromatic N) is 3. The van der Waals surface area contributed by atoms with Crippen molar-refractivity contribution in [2.24, 2.45) is 5.73 Å². The van der Waals surface area contributed by atoms with Crippen molar-refractivity contribution in [3.8, 4) is 0 Å². The summed E-state index contributed by atoms with van der Waals surface area (Å²) >= 11 is 0. The highest BCUT2D eigenvalue weighted by Gasteiger charge is 2.24. The number of hydrogen-bond donors (Lipinski definition) is 1. The Balaban J connectivity index is 1.87. The molecule has 0 spiro atoms.